The monoisotopic (exact) mass is 361 g/mol. The van der Waals surface area contributed by atoms with Crippen LogP contribution in [0.25, 0.3) is 0 Å². The van der Waals surface area contributed by atoms with Gasteiger partial charge in [0, 0.05) is 17.9 Å². The molecule has 3 rings (SSSR count). The molecule has 0 saturated heterocycles. The average Bonchev–Trinajstić information content (AvgIpc) is 3.13. The Hall–Kier alpha value is -2.32. The molecule has 1 aliphatic rings. The minimum absolute atomic E-state index is 0.0193. The summed E-state index contributed by atoms with van der Waals surface area (Å²) in [5.41, 5.74) is 5.57. The van der Waals surface area contributed by atoms with Gasteiger partial charge in [0.2, 0.25) is 11.8 Å². The minimum Gasteiger partial charge on any atom is -0.310 e. The van der Waals surface area contributed by atoms with Crippen molar-refractivity contribution in [3.05, 3.63) is 46.7 Å². The zero-order valence-corrected chi connectivity index (χ0v) is 14.3. The number of hydrogen-bond acceptors (Lipinski definition) is 5. The summed E-state index contributed by atoms with van der Waals surface area (Å²) in [5, 5.41) is 1.79. The van der Waals surface area contributed by atoms with Crippen LogP contribution in [-0.4, -0.2) is 30.0 Å². The minimum atomic E-state index is -0.353. The van der Waals surface area contributed by atoms with Crippen LogP contribution in [0.3, 0.4) is 0 Å². The summed E-state index contributed by atoms with van der Waals surface area (Å²) in [5.74, 6) is -0.347. The first-order chi connectivity index (χ1) is 11.6. The highest BCUT2D eigenvalue weighted by Gasteiger charge is 2.24. The van der Waals surface area contributed by atoms with Gasteiger partial charge in [0.05, 0.1) is 16.3 Å². The predicted molar refractivity (Wildman–Crippen MR) is 94.1 cm³/mol. The second-order valence-electron chi connectivity index (χ2n) is 5.03. The molecule has 1 aliphatic heterocycles. The molecule has 124 valence electrons. The van der Waals surface area contributed by atoms with Gasteiger partial charge < -0.3 is 4.90 Å². The number of hydrogen-bond donors (Lipinski definition) is 2. The van der Waals surface area contributed by atoms with Crippen LogP contribution in [0.5, 0.6) is 0 Å². The third-order valence-corrected chi connectivity index (χ3v) is 5.35. The summed E-state index contributed by atoms with van der Waals surface area (Å²) in [4.78, 5) is 38.9. The number of thioether (sulfide) groups is 1. The molecule has 0 unspecified atom stereocenters. The van der Waals surface area contributed by atoms with Crippen molar-refractivity contribution in [3.8, 4) is 0 Å². The van der Waals surface area contributed by atoms with Gasteiger partial charge in [0.25, 0.3) is 5.91 Å². The number of carbonyl (C=O) groups is 3. The first kappa shape index (κ1) is 16.5. The maximum absolute atomic E-state index is 12.1. The molecule has 2 aromatic rings. The standard InChI is InChI=1S/C16H15N3O3S2/c20-14(17-18-16(22)13-6-3-9-23-13)7-8-19-11-4-1-2-5-12(11)24-10-15(19)21/h1-6,9H,7-8,10H2,(H,17,20)(H,18,22). The lowest BCUT2D eigenvalue weighted by Crippen LogP contribution is -2.44. The normalized spacial score (nSPS) is 13.3. The van der Waals surface area contributed by atoms with Gasteiger partial charge in [-0.3, -0.25) is 25.2 Å². The van der Waals surface area contributed by atoms with E-state index in [9.17, 15) is 14.4 Å². The highest BCUT2D eigenvalue weighted by Crippen LogP contribution is 2.34. The lowest BCUT2D eigenvalue weighted by Gasteiger charge is -2.28. The van der Waals surface area contributed by atoms with Gasteiger partial charge in [-0.2, -0.15) is 0 Å². The fraction of sp³-hybridized carbons (Fsp3) is 0.188. The largest absolute Gasteiger partial charge is 0.310 e. The Bertz CT molecular complexity index is 762. The van der Waals surface area contributed by atoms with Crippen LogP contribution in [0.2, 0.25) is 0 Å². The molecule has 2 heterocycles. The molecule has 0 spiro atoms. The van der Waals surface area contributed by atoms with Crippen LogP contribution in [0.15, 0.2) is 46.7 Å². The number of carbonyl (C=O) groups excluding carboxylic acids is 3. The van der Waals surface area contributed by atoms with Gasteiger partial charge >= 0.3 is 0 Å². The van der Waals surface area contributed by atoms with Crippen LogP contribution >= 0.6 is 23.1 Å². The summed E-state index contributed by atoms with van der Waals surface area (Å²) in [6.45, 7) is 0.275. The van der Waals surface area contributed by atoms with E-state index < -0.39 is 0 Å². The molecule has 24 heavy (non-hydrogen) atoms. The van der Waals surface area contributed by atoms with Crippen molar-refractivity contribution in [3.63, 3.8) is 0 Å². The Balaban J connectivity index is 1.53. The van der Waals surface area contributed by atoms with E-state index in [1.807, 2.05) is 24.3 Å². The van der Waals surface area contributed by atoms with Crippen LogP contribution in [0.4, 0.5) is 5.69 Å². The molecule has 0 fully saturated rings. The molecule has 1 aromatic heterocycles. The Kier molecular flexibility index (Phi) is 5.17. The molecule has 0 radical (unpaired) electrons. The van der Waals surface area contributed by atoms with Crippen LogP contribution in [-0.2, 0) is 9.59 Å². The lowest BCUT2D eigenvalue weighted by atomic mass is 10.2. The van der Waals surface area contributed by atoms with Crippen molar-refractivity contribution in [2.45, 2.75) is 11.3 Å². The average molecular weight is 361 g/mol. The molecule has 0 aliphatic carbocycles. The summed E-state index contributed by atoms with van der Waals surface area (Å²) < 4.78 is 0. The van der Waals surface area contributed by atoms with Crippen molar-refractivity contribution >= 4 is 46.5 Å². The number of nitrogens with one attached hydrogen (secondary N) is 2. The molecule has 3 amide bonds. The number of rotatable bonds is 4. The number of amides is 3. The molecule has 8 heteroatoms. The Labute approximate surface area is 147 Å². The van der Waals surface area contributed by atoms with E-state index in [2.05, 4.69) is 10.9 Å². The summed E-state index contributed by atoms with van der Waals surface area (Å²) in [7, 11) is 0. The van der Waals surface area contributed by atoms with Crippen molar-refractivity contribution in [2.75, 3.05) is 17.2 Å². The maximum Gasteiger partial charge on any atom is 0.279 e. The van der Waals surface area contributed by atoms with Crippen molar-refractivity contribution in [1.29, 1.82) is 0 Å². The van der Waals surface area contributed by atoms with Crippen LogP contribution < -0.4 is 15.8 Å². The number of anilines is 1. The molecular weight excluding hydrogens is 346 g/mol. The number of thiophene rings is 1. The number of benzene rings is 1. The summed E-state index contributed by atoms with van der Waals surface area (Å²) in [6.07, 6.45) is 0.107. The topological polar surface area (TPSA) is 78.5 Å². The van der Waals surface area contributed by atoms with E-state index >= 15 is 0 Å². The maximum atomic E-state index is 12.1. The van der Waals surface area contributed by atoms with E-state index in [4.69, 9.17) is 0 Å². The smallest absolute Gasteiger partial charge is 0.279 e. The fourth-order valence-corrected chi connectivity index (χ4v) is 3.83. The second kappa shape index (κ2) is 7.50. The fourth-order valence-electron chi connectivity index (χ4n) is 2.27. The van der Waals surface area contributed by atoms with Crippen molar-refractivity contribution < 1.29 is 14.4 Å². The van der Waals surface area contributed by atoms with E-state index in [1.54, 1.807) is 22.4 Å². The van der Waals surface area contributed by atoms with E-state index in [-0.39, 0.29) is 30.7 Å². The quantitative estimate of drug-likeness (QED) is 0.817. The zero-order valence-electron chi connectivity index (χ0n) is 12.7. The summed E-state index contributed by atoms with van der Waals surface area (Å²) >= 11 is 2.79. The SMILES string of the molecule is O=C(CCN1C(=O)CSc2ccccc21)NNC(=O)c1cccs1. The van der Waals surface area contributed by atoms with Gasteiger partial charge in [0.15, 0.2) is 0 Å². The highest BCUT2D eigenvalue weighted by atomic mass is 32.2. The number of fused-ring (bicyclic) bond motifs is 1. The second-order valence-corrected chi connectivity index (χ2v) is 7.00. The van der Waals surface area contributed by atoms with Crippen LogP contribution in [0, 0.1) is 0 Å². The van der Waals surface area contributed by atoms with E-state index in [1.165, 1.54) is 23.1 Å². The Morgan fingerprint density at radius 1 is 1.12 bits per heavy atom. The molecule has 6 nitrogen and oxygen atoms in total. The van der Waals surface area contributed by atoms with E-state index in [0.29, 0.717) is 10.6 Å². The predicted octanol–water partition coefficient (Wildman–Crippen LogP) is 2.04. The number of nitrogens with zero attached hydrogens (tertiary/aromatic N) is 1. The van der Waals surface area contributed by atoms with Gasteiger partial charge in [-0.15, -0.1) is 23.1 Å². The van der Waals surface area contributed by atoms with Gasteiger partial charge in [0.1, 0.15) is 0 Å². The lowest BCUT2D eigenvalue weighted by molar-refractivity contribution is -0.121. The number of para-hydroxylation sites is 1. The Morgan fingerprint density at radius 3 is 2.75 bits per heavy atom. The van der Waals surface area contributed by atoms with Crippen molar-refractivity contribution in [2.24, 2.45) is 0 Å². The summed E-state index contributed by atoms with van der Waals surface area (Å²) in [6, 6.07) is 11.1. The van der Waals surface area contributed by atoms with Crippen molar-refractivity contribution in [1.82, 2.24) is 10.9 Å². The molecule has 0 atom stereocenters. The van der Waals surface area contributed by atoms with Gasteiger partial charge in [-0.1, -0.05) is 18.2 Å². The molecule has 0 bridgehead atoms. The first-order valence-electron chi connectivity index (χ1n) is 7.30. The zero-order chi connectivity index (χ0) is 16.9. The Morgan fingerprint density at radius 2 is 1.96 bits per heavy atom. The first-order valence-corrected chi connectivity index (χ1v) is 9.16. The highest BCUT2D eigenvalue weighted by molar-refractivity contribution is 8.00. The van der Waals surface area contributed by atoms with Crippen LogP contribution in [0.1, 0.15) is 16.1 Å². The van der Waals surface area contributed by atoms with Gasteiger partial charge in [-0.25, -0.2) is 0 Å². The molecule has 2 N–H and O–H groups in total. The molecule has 1 aromatic carbocycles. The number of hydrazine groups is 1. The third-order valence-electron chi connectivity index (χ3n) is 3.43. The third kappa shape index (κ3) is 3.77. The molecular formula is C16H15N3O3S2. The van der Waals surface area contributed by atoms with E-state index in [0.717, 1.165) is 10.6 Å². The molecule has 0 saturated carbocycles. The van der Waals surface area contributed by atoms with Gasteiger partial charge in [-0.05, 0) is 23.6 Å².